The number of carbonyl (C=O) groups is 1. The summed E-state index contributed by atoms with van der Waals surface area (Å²) in [7, 11) is 0. The van der Waals surface area contributed by atoms with Gasteiger partial charge in [0.15, 0.2) is 0 Å². The van der Waals surface area contributed by atoms with Gasteiger partial charge >= 0.3 is 0 Å². The van der Waals surface area contributed by atoms with E-state index in [1.807, 2.05) is 31.2 Å². The van der Waals surface area contributed by atoms with Crippen molar-refractivity contribution in [2.24, 2.45) is 0 Å². The first-order valence-corrected chi connectivity index (χ1v) is 7.38. The lowest BCUT2D eigenvalue weighted by atomic mass is 9.97. The third-order valence-electron chi connectivity index (χ3n) is 3.78. The quantitative estimate of drug-likeness (QED) is 0.904. The van der Waals surface area contributed by atoms with E-state index >= 15 is 0 Å². The molecule has 0 aromatic heterocycles. The summed E-state index contributed by atoms with van der Waals surface area (Å²) in [5.74, 6) is -0.0817. The van der Waals surface area contributed by atoms with Crippen molar-refractivity contribution >= 4 is 23.2 Å². The SMILES string of the molecule is C[C@@]1(CCc2ccccc2)NC(=O)c2cc(Cl)ccc2N1. The second-order valence-electron chi connectivity index (χ2n) is 5.59. The van der Waals surface area contributed by atoms with Crippen LogP contribution < -0.4 is 10.6 Å². The molecule has 3 nitrogen and oxygen atoms in total. The summed E-state index contributed by atoms with van der Waals surface area (Å²) in [4.78, 5) is 12.3. The minimum atomic E-state index is -0.451. The Hall–Kier alpha value is -2.00. The molecule has 21 heavy (non-hydrogen) atoms. The van der Waals surface area contributed by atoms with Gasteiger partial charge in [0.25, 0.3) is 5.91 Å². The summed E-state index contributed by atoms with van der Waals surface area (Å²) < 4.78 is 0. The van der Waals surface area contributed by atoms with Gasteiger partial charge < -0.3 is 10.6 Å². The van der Waals surface area contributed by atoms with E-state index in [2.05, 4.69) is 22.8 Å². The topological polar surface area (TPSA) is 41.1 Å². The van der Waals surface area contributed by atoms with Crippen LogP contribution in [0.3, 0.4) is 0 Å². The minimum Gasteiger partial charge on any atom is -0.362 e. The summed E-state index contributed by atoms with van der Waals surface area (Å²) in [6.07, 6.45) is 1.71. The molecule has 2 aromatic rings. The number of benzene rings is 2. The van der Waals surface area contributed by atoms with Gasteiger partial charge in [0.1, 0.15) is 5.66 Å². The lowest BCUT2D eigenvalue weighted by Gasteiger charge is -2.37. The van der Waals surface area contributed by atoms with Gasteiger partial charge in [-0.15, -0.1) is 0 Å². The van der Waals surface area contributed by atoms with Crippen LogP contribution in [0.4, 0.5) is 5.69 Å². The van der Waals surface area contributed by atoms with Crippen LogP contribution in [0.1, 0.15) is 29.3 Å². The highest BCUT2D eigenvalue weighted by Crippen LogP contribution is 2.29. The van der Waals surface area contributed by atoms with Crippen LogP contribution in [0.15, 0.2) is 48.5 Å². The van der Waals surface area contributed by atoms with Gasteiger partial charge in [-0.05, 0) is 43.5 Å². The Morgan fingerprint density at radius 2 is 1.86 bits per heavy atom. The average molecular weight is 301 g/mol. The van der Waals surface area contributed by atoms with E-state index in [0.29, 0.717) is 10.6 Å². The van der Waals surface area contributed by atoms with Gasteiger partial charge in [-0.25, -0.2) is 0 Å². The molecule has 0 saturated heterocycles. The third-order valence-corrected chi connectivity index (χ3v) is 4.02. The molecule has 1 aliphatic heterocycles. The predicted octanol–water partition coefficient (Wildman–Crippen LogP) is 3.84. The van der Waals surface area contributed by atoms with E-state index in [1.165, 1.54) is 5.56 Å². The van der Waals surface area contributed by atoms with Crippen molar-refractivity contribution in [3.8, 4) is 0 Å². The van der Waals surface area contributed by atoms with E-state index in [-0.39, 0.29) is 5.91 Å². The van der Waals surface area contributed by atoms with Crippen molar-refractivity contribution in [1.29, 1.82) is 0 Å². The highest BCUT2D eigenvalue weighted by atomic mass is 35.5. The van der Waals surface area contributed by atoms with Gasteiger partial charge in [-0.1, -0.05) is 41.9 Å². The van der Waals surface area contributed by atoms with Crippen molar-refractivity contribution in [1.82, 2.24) is 5.32 Å². The molecular weight excluding hydrogens is 284 g/mol. The number of anilines is 1. The number of fused-ring (bicyclic) bond motifs is 1. The van der Waals surface area contributed by atoms with Crippen LogP contribution in [-0.4, -0.2) is 11.6 Å². The molecule has 1 heterocycles. The van der Waals surface area contributed by atoms with Gasteiger partial charge in [0.05, 0.1) is 5.56 Å². The molecule has 3 rings (SSSR count). The number of nitrogens with one attached hydrogen (secondary N) is 2. The first-order valence-electron chi connectivity index (χ1n) is 7.00. The molecule has 4 heteroatoms. The zero-order chi connectivity index (χ0) is 14.9. The van der Waals surface area contributed by atoms with Crippen LogP contribution in [0.5, 0.6) is 0 Å². The van der Waals surface area contributed by atoms with E-state index in [1.54, 1.807) is 12.1 Å². The number of hydrogen-bond donors (Lipinski definition) is 2. The predicted molar refractivity (Wildman–Crippen MR) is 85.7 cm³/mol. The lowest BCUT2D eigenvalue weighted by Crippen LogP contribution is -2.55. The number of aryl methyl sites for hydroxylation is 1. The van der Waals surface area contributed by atoms with Crippen molar-refractivity contribution in [3.05, 3.63) is 64.7 Å². The Bertz CT molecular complexity index is 672. The summed E-state index contributed by atoms with van der Waals surface area (Å²) in [5.41, 5.74) is 2.24. The number of amides is 1. The molecule has 1 aliphatic rings. The smallest absolute Gasteiger partial charge is 0.255 e. The van der Waals surface area contributed by atoms with Gasteiger partial charge in [0.2, 0.25) is 0 Å². The fourth-order valence-corrected chi connectivity index (χ4v) is 2.80. The summed E-state index contributed by atoms with van der Waals surface area (Å²) in [6.45, 7) is 2.01. The lowest BCUT2D eigenvalue weighted by molar-refractivity contribution is 0.0903. The monoisotopic (exact) mass is 300 g/mol. The van der Waals surface area contributed by atoms with Crippen LogP contribution in [0, 0.1) is 0 Å². The number of carbonyl (C=O) groups excluding carboxylic acids is 1. The molecule has 0 saturated carbocycles. The van der Waals surface area contributed by atoms with E-state index in [9.17, 15) is 4.79 Å². The van der Waals surface area contributed by atoms with Crippen LogP contribution in [0.2, 0.25) is 5.02 Å². The van der Waals surface area contributed by atoms with Crippen molar-refractivity contribution in [2.75, 3.05) is 5.32 Å². The molecule has 0 aliphatic carbocycles. The second-order valence-corrected chi connectivity index (χ2v) is 6.02. The van der Waals surface area contributed by atoms with Gasteiger partial charge in [-0.3, -0.25) is 4.79 Å². The fraction of sp³-hybridized carbons (Fsp3) is 0.235. The average Bonchev–Trinajstić information content (AvgIpc) is 2.47. The molecule has 2 N–H and O–H groups in total. The Labute approximate surface area is 129 Å². The van der Waals surface area contributed by atoms with Crippen molar-refractivity contribution in [3.63, 3.8) is 0 Å². The maximum absolute atomic E-state index is 12.3. The number of hydrogen-bond acceptors (Lipinski definition) is 2. The third kappa shape index (κ3) is 3.03. The highest BCUT2D eigenvalue weighted by Gasteiger charge is 2.32. The van der Waals surface area contributed by atoms with E-state index in [0.717, 1.165) is 18.5 Å². The molecule has 0 fully saturated rings. The van der Waals surface area contributed by atoms with Crippen molar-refractivity contribution in [2.45, 2.75) is 25.4 Å². The number of rotatable bonds is 3. The van der Waals surface area contributed by atoms with Gasteiger partial charge in [0, 0.05) is 10.7 Å². The van der Waals surface area contributed by atoms with Crippen LogP contribution in [-0.2, 0) is 6.42 Å². The Balaban J connectivity index is 1.77. The molecule has 0 radical (unpaired) electrons. The first kappa shape index (κ1) is 14.0. The first-order chi connectivity index (χ1) is 10.1. The normalized spacial score (nSPS) is 20.4. The molecule has 2 aromatic carbocycles. The Morgan fingerprint density at radius 3 is 2.62 bits per heavy atom. The number of halogens is 1. The van der Waals surface area contributed by atoms with E-state index in [4.69, 9.17) is 11.6 Å². The molecule has 0 bridgehead atoms. The Morgan fingerprint density at radius 1 is 1.10 bits per heavy atom. The van der Waals surface area contributed by atoms with Crippen LogP contribution >= 0.6 is 11.6 Å². The van der Waals surface area contributed by atoms with Gasteiger partial charge in [-0.2, -0.15) is 0 Å². The maximum Gasteiger partial charge on any atom is 0.255 e. The molecule has 108 valence electrons. The molecular formula is C17H17ClN2O. The highest BCUT2D eigenvalue weighted by molar-refractivity contribution is 6.31. The molecule has 1 atom stereocenters. The fourth-order valence-electron chi connectivity index (χ4n) is 2.62. The molecule has 0 spiro atoms. The zero-order valence-corrected chi connectivity index (χ0v) is 12.6. The zero-order valence-electron chi connectivity index (χ0n) is 11.8. The summed E-state index contributed by atoms with van der Waals surface area (Å²) in [6, 6.07) is 15.6. The Kier molecular flexibility index (Phi) is 3.60. The summed E-state index contributed by atoms with van der Waals surface area (Å²) >= 11 is 5.95. The standard InChI is InChI=1S/C17H17ClN2O/c1-17(10-9-12-5-3-2-4-6-12)19-15-8-7-13(18)11-14(15)16(21)20-17/h2-8,11,19H,9-10H2,1H3,(H,20,21)/t17-/m0/s1. The minimum absolute atomic E-state index is 0.0817. The summed E-state index contributed by atoms with van der Waals surface area (Å²) in [5, 5.41) is 7.02. The maximum atomic E-state index is 12.3. The van der Waals surface area contributed by atoms with E-state index < -0.39 is 5.66 Å². The second kappa shape index (κ2) is 5.41. The van der Waals surface area contributed by atoms with Crippen LogP contribution in [0.25, 0.3) is 0 Å². The van der Waals surface area contributed by atoms with Crippen molar-refractivity contribution < 1.29 is 4.79 Å². The molecule has 1 amide bonds. The largest absolute Gasteiger partial charge is 0.362 e. The molecule has 0 unspecified atom stereocenters.